The summed E-state index contributed by atoms with van der Waals surface area (Å²) in [5.41, 5.74) is 0.941. The van der Waals surface area contributed by atoms with Crippen LogP contribution < -0.4 is 15.0 Å². The molecule has 3 aromatic rings. The molecule has 130 valence electrons. The van der Waals surface area contributed by atoms with Crippen molar-refractivity contribution >= 4 is 39.2 Å². The summed E-state index contributed by atoms with van der Waals surface area (Å²) in [6.07, 6.45) is 1.50. The number of ether oxygens (including phenoxy) is 1. The van der Waals surface area contributed by atoms with E-state index in [2.05, 4.69) is 30.4 Å². The Labute approximate surface area is 147 Å². The van der Waals surface area contributed by atoms with E-state index < -0.39 is 10.8 Å². The van der Waals surface area contributed by atoms with Crippen molar-refractivity contribution in [3.05, 3.63) is 30.6 Å². The summed E-state index contributed by atoms with van der Waals surface area (Å²) >= 11 is 0. The summed E-state index contributed by atoms with van der Waals surface area (Å²) in [4.78, 5) is 10.8. The van der Waals surface area contributed by atoms with E-state index >= 15 is 0 Å². The second-order valence-electron chi connectivity index (χ2n) is 5.66. The molecule has 4 rings (SSSR count). The molecule has 1 aromatic carbocycles. The average molecular weight is 358 g/mol. The van der Waals surface area contributed by atoms with Gasteiger partial charge in [-0.15, -0.1) is 0 Å². The molecule has 0 radical (unpaired) electrons. The minimum atomic E-state index is -0.746. The number of H-pyrrole nitrogens is 1. The number of aromatic amines is 1. The highest BCUT2D eigenvalue weighted by molar-refractivity contribution is 7.85. The number of methoxy groups -OCH3 is 1. The van der Waals surface area contributed by atoms with Gasteiger partial charge in [-0.05, 0) is 12.1 Å². The van der Waals surface area contributed by atoms with Gasteiger partial charge in [0.1, 0.15) is 6.33 Å². The van der Waals surface area contributed by atoms with E-state index in [1.54, 1.807) is 7.11 Å². The predicted molar refractivity (Wildman–Crippen MR) is 98.0 cm³/mol. The molecule has 2 aromatic heterocycles. The lowest BCUT2D eigenvalue weighted by Gasteiger charge is -2.28. The van der Waals surface area contributed by atoms with Gasteiger partial charge in [0, 0.05) is 40.8 Å². The van der Waals surface area contributed by atoms with Crippen LogP contribution in [0.4, 0.5) is 17.5 Å². The van der Waals surface area contributed by atoms with Crippen LogP contribution in [0.2, 0.25) is 0 Å². The molecular weight excluding hydrogens is 340 g/mol. The van der Waals surface area contributed by atoms with Gasteiger partial charge in [-0.3, -0.25) is 9.31 Å². The van der Waals surface area contributed by atoms with E-state index in [0.717, 1.165) is 10.9 Å². The Morgan fingerprint density at radius 2 is 2.00 bits per heavy atom. The van der Waals surface area contributed by atoms with Gasteiger partial charge in [0.05, 0.1) is 12.6 Å². The average Bonchev–Trinajstić information content (AvgIpc) is 3.05. The maximum absolute atomic E-state index is 11.6. The molecule has 0 aliphatic carbocycles. The fourth-order valence-corrected chi connectivity index (χ4v) is 3.94. The normalized spacial score (nSPS) is 15.5. The van der Waals surface area contributed by atoms with E-state index in [4.69, 9.17) is 4.74 Å². The number of fused-ring (bicyclic) bond motifs is 1. The molecule has 1 aliphatic heterocycles. The first-order valence-corrected chi connectivity index (χ1v) is 9.44. The summed E-state index contributed by atoms with van der Waals surface area (Å²) in [5, 5.41) is 11.5. The van der Waals surface area contributed by atoms with Gasteiger partial charge >= 0.3 is 0 Å². The molecule has 1 aliphatic rings. The van der Waals surface area contributed by atoms with Crippen LogP contribution in [0.3, 0.4) is 0 Å². The van der Waals surface area contributed by atoms with Crippen LogP contribution in [0.15, 0.2) is 30.6 Å². The summed E-state index contributed by atoms with van der Waals surface area (Å²) < 4.78 is 17.2. The second-order valence-corrected chi connectivity index (χ2v) is 7.35. The van der Waals surface area contributed by atoms with Crippen LogP contribution >= 0.6 is 0 Å². The number of benzene rings is 1. The highest BCUT2D eigenvalue weighted by Crippen LogP contribution is 2.35. The topological polar surface area (TPSA) is 96.0 Å². The molecule has 0 bridgehead atoms. The van der Waals surface area contributed by atoms with Crippen molar-refractivity contribution in [2.45, 2.75) is 0 Å². The van der Waals surface area contributed by atoms with Gasteiger partial charge in [-0.25, -0.2) is 9.97 Å². The van der Waals surface area contributed by atoms with Crippen LogP contribution in [0.5, 0.6) is 5.75 Å². The summed E-state index contributed by atoms with van der Waals surface area (Å²) in [6, 6.07) is 7.85. The SMILES string of the molecule is COc1c(Nc2n[nH]c3ccccc23)ncnc1N1CCS(=O)CC1. The fraction of sp³-hybridized carbons (Fsp3) is 0.312. The van der Waals surface area contributed by atoms with E-state index in [0.29, 0.717) is 47.8 Å². The van der Waals surface area contributed by atoms with Crippen LogP contribution in [-0.2, 0) is 10.8 Å². The molecule has 8 nitrogen and oxygen atoms in total. The Balaban J connectivity index is 1.68. The van der Waals surface area contributed by atoms with Crippen molar-refractivity contribution in [2.75, 3.05) is 41.9 Å². The predicted octanol–water partition coefficient (Wildman–Crippen LogP) is 1.67. The first kappa shape index (κ1) is 15.8. The van der Waals surface area contributed by atoms with Crippen molar-refractivity contribution in [3.8, 4) is 5.75 Å². The van der Waals surface area contributed by atoms with Crippen LogP contribution in [-0.4, -0.2) is 56.1 Å². The van der Waals surface area contributed by atoms with E-state index in [-0.39, 0.29) is 0 Å². The summed E-state index contributed by atoms with van der Waals surface area (Å²) in [5.74, 6) is 3.77. The van der Waals surface area contributed by atoms with E-state index in [9.17, 15) is 4.21 Å². The highest BCUT2D eigenvalue weighted by Gasteiger charge is 2.23. The van der Waals surface area contributed by atoms with E-state index in [1.165, 1.54) is 6.33 Å². The molecule has 0 amide bonds. The first-order valence-electron chi connectivity index (χ1n) is 7.95. The van der Waals surface area contributed by atoms with Crippen molar-refractivity contribution in [1.82, 2.24) is 20.2 Å². The zero-order chi connectivity index (χ0) is 17.2. The first-order chi connectivity index (χ1) is 12.3. The number of nitrogens with one attached hydrogen (secondary N) is 2. The van der Waals surface area contributed by atoms with Gasteiger partial charge in [0.15, 0.2) is 17.5 Å². The van der Waals surface area contributed by atoms with Gasteiger partial charge < -0.3 is 15.0 Å². The minimum Gasteiger partial charge on any atom is -0.490 e. The van der Waals surface area contributed by atoms with Crippen molar-refractivity contribution in [3.63, 3.8) is 0 Å². The third-order valence-corrected chi connectivity index (χ3v) is 5.45. The molecular formula is C16H18N6O2S. The standard InChI is InChI=1S/C16H18N6O2S/c1-24-13-15(19-14-11-4-2-3-5-12(11)20-21-14)17-10-18-16(13)22-6-8-25(23)9-7-22/h2-5,10H,6-9H2,1H3,(H2,17,18,19,20,21). The summed E-state index contributed by atoms with van der Waals surface area (Å²) in [6.45, 7) is 1.37. The third kappa shape index (κ3) is 3.02. The van der Waals surface area contributed by atoms with Gasteiger partial charge in [0.25, 0.3) is 0 Å². The zero-order valence-corrected chi connectivity index (χ0v) is 14.5. The Kier molecular flexibility index (Phi) is 4.22. The number of para-hydroxylation sites is 1. The quantitative estimate of drug-likeness (QED) is 0.732. The maximum atomic E-state index is 11.6. The number of nitrogens with zero attached hydrogens (tertiary/aromatic N) is 4. The van der Waals surface area contributed by atoms with E-state index in [1.807, 2.05) is 24.3 Å². The number of hydrogen-bond acceptors (Lipinski definition) is 7. The number of hydrogen-bond donors (Lipinski definition) is 2. The number of anilines is 3. The third-order valence-electron chi connectivity index (χ3n) is 4.17. The molecule has 1 fully saturated rings. The molecule has 2 N–H and O–H groups in total. The lowest BCUT2D eigenvalue weighted by atomic mass is 10.2. The zero-order valence-electron chi connectivity index (χ0n) is 13.7. The van der Waals surface area contributed by atoms with Gasteiger partial charge in [-0.2, -0.15) is 5.10 Å². The Bertz CT molecular complexity index is 918. The number of rotatable bonds is 4. The maximum Gasteiger partial charge on any atom is 0.204 e. The largest absolute Gasteiger partial charge is 0.490 e. The molecule has 25 heavy (non-hydrogen) atoms. The lowest BCUT2D eigenvalue weighted by Crippen LogP contribution is -2.38. The number of aromatic nitrogens is 4. The van der Waals surface area contributed by atoms with Crippen molar-refractivity contribution in [1.29, 1.82) is 0 Å². The molecule has 0 atom stereocenters. The van der Waals surface area contributed by atoms with Crippen molar-refractivity contribution in [2.24, 2.45) is 0 Å². The van der Waals surface area contributed by atoms with Crippen molar-refractivity contribution < 1.29 is 8.95 Å². The molecule has 0 saturated carbocycles. The molecule has 1 saturated heterocycles. The summed E-state index contributed by atoms with van der Waals surface area (Å²) in [7, 11) is 0.849. The van der Waals surface area contributed by atoms with Crippen LogP contribution in [0.25, 0.3) is 10.9 Å². The van der Waals surface area contributed by atoms with Crippen LogP contribution in [0, 0.1) is 0 Å². The molecule has 0 unspecified atom stereocenters. The highest BCUT2D eigenvalue weighted by atomic mass is 32.2. The molecule has 9 heteroatoms. The Morgan fingerprint density at radius 3 is 2.80 bits per heavy atom. The second kappa shape index (κ2) is 6.67. The van der Waals surface area contributed by atoms with Gasteiger partial charge in [-0.1, -0.05) is 12.1 Å². The molecule has 0 spiro atoms. The Morgan fingerprint density at radius 1 is 1.20 bits per heavy atom. The smallest absolute Gasteiger partial charge is 0.204 e. The Hall–Kier alpha value is -2.68. The molecule has 3 heterocycles. The van der Waals surface area contributed by atoms with Gasteiger partial charge in [0.2, 0.25) is 5.75 Å². The monoisotopic (exact) mass is 358 g/mol. The fourth-order valence-electron chi connectivity index (χ4n) is 2.89. The lowest BCUT2D eigenvalue weighted by molar-refractivity contribution is 0.412. The van der Waals surface area contributed by atoms with Crippen LogP contribution in [0.1, 0.15) is 0 Å². The minimum absolute atomic E-state index is 0.552.